The normalized spacial score (nSPS) is 10.6. The predicted molar refractivity (Wildman–Crippen MR) is 106 cm³/mol. The average Bonchev–Trinajstić information content (AvgIpc) is 3.15. The Morgan fingerprint density at radius 2 is 2.08 bits per heavy atom. The van der Waals surface area contributed by atoms with Crippen LogP contribution in [0.4, 0.5) is 5.69 Å². The summed E-state index contributed by atoms with van der Waals surface area (Å²) in [6, 6.07) is 12.6. The summed E-state index contributed by atoms with van der Waals surface area (Å²) in [7, 11) is 3.27. The van der Waals surface area contributed by atoms with E-state index < -0.39 is 0 Å². The molecule has 0 unspecified atom stereocenters. The van der Waals surface area contributed by atoms with E-state index in [1.54, 1.807) is 56.4 Å². The molecular weight excluding hydrogens is 370 g/mol. The Kier molecular flexibility index (Phi) is 5.54. The van der Waals surface area contributed by atoms with Gasteiger partial charge >= 0.3 is 0 Å². The van der Waals surface area contributed by atoms with E-state index >= 15 is 0 Å². The highest BCUT2D eigenvalue weighted by Gasteiger charge is 2.18. The Bertz CT molecular complexity index is 942. The van der Waals surface area contributed by atoms with E-state index in [4.69, 9.17) is 16.3 Å². The summed E-state index contributed by atoms with van der Waals surface area (Å²) in [6.45, 7) is 0. The molecule has 0 atom stereocenters. The number of halogens is 1. The third-order valence-corrected chi connectivity index (χ3v) is 4.87. The number of hydrogen-bond acceptors (Lipinski definition) is 4. The van der Waals surface area contributed by atoms with Gasteiger partial charge in [0.15, 0.2) is 5.16 Å². The lowest BCUT2D eigenvalue weighted by atomic mass is 10.1. The first-order valence-electron chi connectivity index (χ1n) is 7.84. The first-order valence-corrected chi connectivity index (χ1v) is 9.44. The van der Waals surface area contributed by atoms with Gasteiger partial charge < -0.3 is 9.64 Å². The van der Waals surface area contributed by atoms with Crippen LogP contribution >= 0.6 is 23.4 Å². The number of ether oxygens (including phenoxy) is 1. The largest absolute Gasteiger partial charge is 0.495 e. The van der Waals surface area contributed by atoms with Gasteiger partial charge in [-0.15, -0.1) is 0 Å². The van der Waals surface area contributed by atoms with Crippen molar-refractivity contribution in [3.8, 4) is 11.4 Å². The highest BCUT2D eigenvalue weighted by molar-refractivity contribution is 7.98. The van der Waals surface area contributed by atoms with Crippen LogP contribution in [0.1, 0.15) is 10.4 Å². The first kappa shape index (κ1) is 18.4. The van der Waals surface area contributed by atoms with Crippen molar-refractivity contribution >= 4 is 35.0 Å². The monoisotopic (exact) mass is 387 g/mol. The van der Waals surface area contributed by atoms with Crippen LogP contribution in [0.2, 0.25) is 5.02 Å². The number of aromatic nitrogens is 2. The maximum atomic E-state index is 13.0. The molecule has 0 N–H and O–H groups in total. The Morgan fingerprint density at radius 1 is 1.27 bits per heavy atom. The number of nitrogens with zero attached hydrogens (tertiary/aromatic N) is 3. The number of anilines is 1. The molecule has 0 aliphatic rings. The Labute approximate surface area is 161 Å². The van der Waals surface area contributed by atoms with Crippen LogP contribution in [0.15, 0.2) is 60.0 Å². The van der Waals surface area contributed by atoms with Gasteiger partial charge in [0.05, 0.1) is 12.8 Å². The van der Waals surface area contributed by atoms with E-state index in [9.17, 15) is 4.79 Å². The average molecular weight is 388 g/mol. The molecular formula is C19H18ClN3O2S. The van der Waals surface area contributed by atoms with Gasteiger partial charge in [0.1, 0.15) is 5.75 Å². The molecule has 2 aromatic carbocycles. The zero-order valence-electron chi connectivity index (χ0n) is 14.6. The number of thioether (sulfide) groups is 1. The Hall–Kier alpha value is -2.44. The molecule has 0 bridgehead atoms. The van der Waals surface area contributed by atoms with Gasteiger partial charge in [-0.05, 0) is 42.7 Å². The van der Waals surface area contributed by atoms with Crippen molar-refractivity contribution in [1.82, 2.24) is 9.55 Å². The fourth-order valence-corrected chi connectivity index (χ4v) is 3.35. The van der Waals surface area contributed by atoms with Crippen molar-refractivity contribution in [1.29, 1.82) is 0 Å². The van der Waals surface area contributed by atoms with Gasteiger partial charge in [-0.25, -0.2) is 4.98 Å². The summed E-state index contributed by atoms with van der Waals surface area (Å²) in [5, 5.41) is 1.40. The quantitative estimate of drug-likeness (QED) is 0.603. The number of carbonyl (C=O) groups excluding carboxylic acids is 1. The standard InChI is InChI=1S/C19H18ClN3O2S/c1-22(16-12-14(20)7-8-17(16)25-2)18(24)13-5-4-6-15(11-13)23-10-9-21-19(23)26-3/h4-12H,1-3H3. The molecule has 0 spiro atoms. The molecule has 134 valence electrons. The van der Waals surface area contributed by atoms with Crippen molar-refractivity contribution in [2.75, 3.05) is 25.3 Å². The van der Waals surface area contributed by atoms with E-state index in [2.05, 4.69) is 4.98 Å². The molecule has 0 aliphatic heterocycles. The lowest BCUT2D eigenvalue weighted by Crippen LogP contribution is -2.26. The second-order valence-electron chi connectivity index (χ2n) is 5.51. The zero-order valence-corrected chi connectivity index (χ0v) is 16.2. The molecule has 3 aromatic rings. The highest BCUT2D eigenvalue weighted by Crippen LogP contribution is 2.31. The van der Waals surface area contributed by atoms with E-state index in [1.165, 1.54) is 4.90 Å². The predicted octanol–water partition coefficient (Wildman–Crippen LogP) is 4.53. The Morgan fingerprint density at radius 3 is 2.81 bits per heavy atom. The number of benzene rings is 2. The summed E-state index contributed by atoms with van der Waals surface area (Å²) in [5.41, 5.74) is 2.06. The minimum Gasteiger partial charge on any atom is -0.495 e. The lowest BCUT2D eigenvalue weighted by Gasteiger charge is -2.20. The molecule has 3 rings (SSSR count). The summed E-state index contributed by atoms with van der Waals surface area (Å²) >= 11 is 7.63. The number of carbonyl (C=O) groups is 1. The summed E-state index contributed by atoms with van der Waals surface area (Å²) in [5.74, 6) is 0.430. The molecule has 5 nitrogen and oxygen atoms in total. The molecule has 7 heteroatoms. The molecule has 0 saturated heterocycles. The van der Waals surface area contributed by atoms with E-state index in [0.717, 1.165) is 10.8 Å². The van der Waals surface area contributed by atoms with E-state index in [1.807, 2.05) is 35.2 Å². The maximum absolute atomic E-state index is 13.0. The smallest absolute Gasteiger partial charge is 0.258 e. The van der Waals surface area contributed by atoms with E-state index in [-0.39, 0.29) is 5.91 Å². The van der Waals surface area contributed by atoms with Crippen molar-refractivity contribution in [2.45, 2.75) is 5.16 Å². The minimum atomic E-state index is -0.154. The van der Waals surface area contributed by atoms with Crippen molar-refractivity contribution in [3.63, 3.8) is 0 Å². The van der Waals surface area contributed by atoms with Crippen molar-refractivity contribution < 1.29 is 9.53 Å². The van der Waals surface area contributed by atoms with Gasteiger partial charge in [-0.1, -0.05) is 29.4 Å². The molecule has 0 fully saturated rings. The summed E-state index contributed by atoms with van der Waals surface area (Å²) in [6.07, 6.45) is 5.58. The van der Waals surface area contributed by atoms with Crippen LogP contribution in [0.5, 0.6) is 5.75 Å². The van der Waals surface area contributed by atoms with Gasteiger partial charge in [0.2, 0.25) is 0 Å². The molecule has 26 heavy (non-hydrogen) atoms. The Balaban J connectivity index is 1.96. The van der Waals surface area contributed by atoms with Crippen LogP contribution in [0.3, 0.4) is 0 Å². The number of methoxy groups -OCH3 is 1. The van der Waals surface area contributed by atoms with Crippen molar-refractivity contribution in [3.05, 3.63) is 65.4 Å². The molecule has 0 aliphatic carbocycles. The molecule has 0 radical (unpaired) electrons. The SMILES string of the molecule is COc1ccc(Cl)cc1N(C)C(=O)c1cccc(-n2ccnc2SC)c1. The number of rotatable bonds is 5. The second kappa shape index (κ2) is 7.85. The third kappa shape index (κ3) is 3.57. The zero-order chi connectivity index (χ0) is 18.7. The van der Waals surface area contributed by atoms with Crippen molar-refractivity contribution in [2.24, 2.45) is 0 Å². The fraction of sp³-hybridized carbons (Fsp3) is 0.158. The molecule has 1 aromatic heterocycles. The molecule has 1 amide bonds. The molecule has 1 heterocycles. The van der Waals surface area contributed by atoms with Gasteiger partial charge in [0.25, 0.3) is 5.91 Å². The number of hydrogen-bond donors (Lipinski definition) is 0. The fourth-order valence-electron chi connectivity index (χ4n) is 2.65. The van der Waals surface area contributed by atoms with Gasteiger partial charge in [-0.3, -0.25) is 9.36 Å². The highest BCUT2D eigenvalue weighted by atomic mass is 35.5. The molecule has 0 saturated carbocycles. The van der Waals surface area contributed by atoms with Crippen LogP contribution in [0, 0.1) is 0 Å². The van der Waals surface area contributed by atoms with Crippen LogP contribution in [0.25, 0.3) is 5.69 Å². The van der Waals surface area contributed by atoms with Gasteiger partial charge in [-0.2, -0.15) is 0 Å². The summed E-state index contributed by atoms with van der Waals surface area (Å²) in [4.78, 5) is 18.8. The number of amides is 1. The van der Waals surface area contributed by atoms with Crippen LogP contribution in [-0.4, -0.2) is 35.9 Å². The topological polar surface area (TPSA) is 47.4 Å². The first-order chi connectivity index (χ1) is 12.5. The van der Waals surface area contributed by atoms with Crippen LogP contribution < -0.4 is 9.64 Å². The van der Waals surface area contributed by atoms with Crippen LogP contribution in [-0.2, 0) is 0 Å². The second-order valence-corrected chi connectivity index (χ2v) is 6.72. The third-order valence-electron chi connectivity index (χ3n) is 3.97. The maximum Gasteiger partial charge on any atom is 0.258 e. The van der Waals surface area contributed by atoms with E-state index in [0.29, 0.717) is 22.0 Å². The minimum absolute atomic E-state index is 0.154. The number of imidazole rings is 1. The summed E-state index contributed by atoms with van der Waals surface area (Å²) < 4.78 is 7.30. The van der Waals surface area contributed by atoms with Gasteiger partial charge in [0, 0.05) is 35.7 Å². The lowest BCUT2D eigenvalue weighted by molar-refractivity contribution is 0.0992.